The summed E-state index contributed by atoms with van der Waals surface area (Å²) in [5, 5.41) is 8.60. The molecule has 72 valence electrons. The molecule has 0 amide bonds. The summed E-state index contributed by atoms with van der Waals surface area (Å²) in [6, 6.07) is 6.29. The van der Waals surface area contributed by atoms with E-state index >= 15 is 0 Å². The van der Waals surface area contributed by atoms with E-state index in [4.69, 9.17) is 16.9 Å². The van der Waals surface area contributed by atoms with Crippen LogP contribution in [0.1, 0.15) is 10.4 Å². The van der Waals surface area contributed by atoms with Gasteiger partial charge in [-0.3, -0.25) is 0 Å². The lowest BCUT2D eigenvalue weighted by atomic mass is 10.2. The Bertz CT molecular complexity index is 294. The maximum absolute atomic E-state index is 10.5. The first-order chi connectivity index (χ1) is 5.74. The number of hydrogen-bond acceptors (Lipinski definition) is 3. The van der Waals surface area contributed by atoms with E-state index in [-0.39, 0.29) is 18.0 Å². The minimum absolute atomic E-state index is 0. The minimum atomic E-state index is -0.965. The molecule has 0 aliphatic carbocycles. The van der Waals surface area contributed by atoms with Crippen molar-refractivity contribution in [2.45, 2.75) is 0 Å². The van der Waals surface area contributed by atoms with Gasteiger partial charge in [-0.1, -0.05) is 6.07 Å². The van der Waals surface area contributed by atoms with Gasteiger partial charge in [-0.2, -0.15) is 0 Å². The van der Waals surface area contributed by atoms with E-state index < -0.39 is 5.97 Å². The number of hydrazine groups is 1. The fourth-order valence-corrected chi connectivity index (χ4v) is 0.894. The van der Waals surface area contributed by atoms with Crippen LogP contribution >= 0.6 is 24.2 Å². The van der Waals surface area contributed by atoms with Crippen molar-refractivity contribution in [1.29, 1.82) is 0 Å². The highest BCUT2D eigenvalue weighted by atomic mass is 35.5. The van der Waals surface area contributed by atoms with Gasteiger partial charge in [0.1, 0.15) is 0 Å². The van der Waals surface area contributed by atoms with E-state index in [1.54, 1.807) is 12.1 Å². The van der Waals surface area contributed by atoms with Crippen LogP contribution in [-0.2, 0) is 0 Å². The number of aromatic carboxylic acids is 1. The SMILES string of the molecule is Cl.O=C(O)c1cccc(NNCl)c1. The molecule has 3 N–H and O–H groups in total. The second-order valence-corrected chi connectivity index (χ2v) is 2.29. The third-order valence-electron chi connectivity index (χ3n) is 1.30. The molecule has 1 aromatic carbocycles. The van der Waals surface area contributed by atoms with Gasteiger partial charge in [0.2, 0.25) is 0 Å². The fourth-order valence-electron chi connectivity index (χ4n) is 0.785. The average molecular weight is 223 g/mol. The van der Waals surface area contributed by atoms with Gasteiger partial charge < -0.3 is 10.5 Å². The maximum atomic E-state index is 10.5. The second-order valence-electron chi connectivity index (χ2n) is 2.11. The summed E-state index contributed by atoms with van der Waals surface area (Å²) >= 11 is 5.16. The Morgan fingerprint density at radius 1 is 1.46 bits per heavy atom. The van der Waals surface area contributed by atoms with Crippen LogP contribution in [0.15, 0.2) is 24.3 Å². The van der Waals surface area contributed by atoms with E-state index in [2.05, 4.69) is 10.4 Å². The minimum Gasteiger partial charge on any atom is -0.478 e. The number of carbonyl (C=O) groups is 1. The predicted molar refractivity (Wildman–Crippen MR) is 53.3 cm³/mol. The highest BCUT2D eigenvalue weighted by molar-refractivity contribution is 6.14. The van der Waals surface area contributed by atoms with Crippen LogP contribution in [0.25, 0.3) is 0 Å². The Hall–Kier alpha value is -0.970. The highest BCUT2D eigenvalue weighted by Gasteiger charge is 2.01. The molecular formula is C7H8Cl2N2O2. The van der Waals surface area contributed by atoms with Crippen molar-refractivity contribution in [3.63, 3.8) is 0 Å². The Kier molecular flexibility index (Phi) is 5.22. The molecule has 0 unspecified atom stereocenters. The number of carboxylic acid groups (broad SMARTS) is 1. The quantitative estimate of drug-likeness (QED) is 0.540. The largest absolute Gasteiger partial charge is 0.478 e. The average Bonchev–Trinajstić information content (AvgIpc) is 2.05. The molecule has 0 aromatic heterocycles. The molecule has 1 rings (SSSR count). The zero-order chi connectivity index (χ0) is 8.97. The molecule has 0 saturated heterocycles. The molecule has 4 nitrogen and oxygen atoms in total. The van der Waals surface area contributed by atoms with Gasteiger partial charge in [0.25, 0.3) is 0 Å². The van der Waals surface area contributed by atoms with E-state index in [1.165, 1.54) is 12.1 Å². The zero-order valence-corrected chi connectivity index (χ0v) is 8.02. The Morgan fingerprint density at radius 3 is 2.69 bits per heavy atom. The van der Waals surface area contributed by atoms with Crippen molar-refractivity contribution in [2.24, 2.45) is 0 Å². The van der Waals surface area contributed by atoms with Crippen LogP contribution in [0.3, 0.4) is 0 Å². The molecule has 0 heterocycles. The summed E-state index contributed by atoms with van der Waals surface area (Å²) in [4.78, 5) is 12.7. The number of halogens is 2. The van der Waals surface area contributed by atoms with E-state index in [9.17, 15) is 4.79 Å². The summed E-state index contributed by atoms with van der Waals surface area (Å²) in [5.74, 6) is -0.965. The fraction of sp³-hybridized carbons (Fsp3) is 0. The molecule has 0 spiro atoms. The number of hydrogen-bond donors (Lipinski definition) is 3. The van der Waals surface area contributed by atoms with Crippen LogP contribution in [0.5, 0.6) is 0 Å². The molecule has 0 aliphatic heterocycles. The third kappa shape index (κ3) is 3.50. The zero-order valence-electron chi connectivity index (χ0n) is 6.45. The molecular weight excluding hydrogens is 215 g/mol. The number of nitrogens with one attached hydrogen (secondary N) is 2. The van der Waals surface area contributed by atoms with Crippen molar-refractivity contribution >= 4 is 35.8 Å². The summed E-state index contributed by atoms with van der Waals surface area (Å²) in [5.41, 5.74) is 3.37. The molecule has 0 aliphatic rings. The molecule has 0 radical (unpaired) electrons. The Morgan fingerprint density at radius 2 is 2.15 bits per heavy atom. The summed E-state index contributed by atoms with van der Waals surface area (Å²) in [7, 11) is 0. The van der Waals surface area contributed by atoms with E-state index in [1.807, 2.05) is 0 Å². The molecule has 0 fully saturated rings. The standard InChI is InChI=1S/C7H7ClN2O2.ClH/c8-10-9-6-3-1-2-5(4-6)7(11)12;/h1-4,9-10H,(H,11,12);1H. The molecule has 1 aromatic rings. The van der Waals surface area contributed by atoms with Crippen LogP contribution in [-0.4, -0.2) is 11.1 Å². The van der Waals surface area contributed by atoms with Crippen molar-refractivity contribution in [1.82, 2.24) is 4.94 Å². The monoisotopic (exact) mass is 222 g/mol. The van der Waals surface area contributed by atoms with Crippen molar-refractivity contribution in [3.8, 4) is 0 Å². The number of anilines is 1. The van der Waals surface area contributed by atoms with Crippen molar-refractivity contribution in [3.05, 3.63) is 29.8 Å². The van der Waals surface area contributed by atoms with Gasteiger partial charge in [-0.25, -0.2) is 4.79 Å². The molecule has 0 bridgehead atoms. The lowest BCUT2D eigenvalue weighted by Gasteiger charge is -2.02. The lowest BCUT2D eigenvalue weighted by Crippen LogP contribution is -2.09. The van der Waals surface area contributed by atoms with Crippen LogP contribution in [0.2, 0.25) is 0 Å². The normalized spacial score (nSPS) is 8.69. The first-order valence-corrected chi connectivity index (χ1v) is 3.57. The second kappa shape index (κ2) is 5.64. The molecule has 13 heavy (non-hydrogen) atoms. The van der Waals surface area contributed by atoms with Crippen LogP contribution in [0.4, 0.5) is 5.69 Å². The van der Waals surface area contributed by atoms with E-state index in [0.717, 1.165) is 0 Å². The van der Waals surface area contributed by atoms with Gasteiger partial charge in [-0.15, -0.1) is 17.4 Å². The van der Waals surface area contributed by atoms with Gasteiger partial charge in [0, 0.05) is 0 Å². The first-order valence-electron chi connectivity index (χ1n) is 3.19. The smallest absolute Gasteiger partial charge is 0.335 e. The number of rotatable bonds is 3. The number of carboxylic acids is 1. The summed E-state index contributed by atoms with van der Waals surface area (Å²) in [6.07, 6.45) is 0. The van der Waals surface area contributed by atoms with Crippen LogP contribution < -0.4 is 10.4 Å². The molecule has 0 saturated carbocycles. The van der Waals surface area contributed by atoms with Crippen LogP contribution in [0, 0.1) is 0 Å². The number of benzene rings is 1. The maximum Gasteiger partial charge on any atom is 0.335 e. The van der Waals surface area contributed by atoms with Gasteiger partial charge in [-0.05, 0) is 30.0 Å². The predicted octanol–water partition coefficient (Wildman–Crippen LogP) is 1.88. The topological polar surface area (TPSA) is 61.4 Å². The van der Waals surface area contributed by atoms with Gasteiger partial charge >= 0.3 is 5.97 Å². The Balaban J connectivity index is 0.00000144. The molecule has 6 heteroatoms. The van der Waals surface area contributed by atoms with E-state index in [0.29, 0.717) is 5.69 Å². The summed E-state index contributed by atoms with van der Waals surface area (Å²) in [6.45, 7) is 0. The highest BCUT2D eigenvalue weighted by Crippen LogP contribution is 2.09. The van der Waals surface area contributed by atoms with Gasteiger partial charge in [0.15, 0.2) is 0 Å². The molecule has 0 atom stereocenters. The lowest BCUT2D eigenvalue weighted by molar-refractivity contribution is 0.0697. The first kappa shape index (κ1) is 12.0. The Labute approximate surface area is 86.4 Å². The summed E-state index contributed by atoms with van der Waals surface area (Å²) < 4.78 is 0. The third-order valence-corrected chi connectivity index (χ3v) is 1.40. The van der Waals surface area contributed by atoms with Gasteiger partial charge in [0.05, 0.1) is 11.3 Å². The van der Waals surface area contributed by atoms with Crippen molar-refractivity contribution < 1.29 is 9.90 Å². The van der Waals surface area contributed by atoms with Crippen molar-refractivity contribution in [2.75, 3.05) is 5.43 Å².